The van der Waals surface area contributed by atoms with E-state index in [1.54, 1.807) is 36.4 Å². The monoisotopic (exact) mass is 305 g/mol. The first-order chi connectivity index (χ1) is 9.63. The predicted molar refractivity (Wildman–Crippen MR) is 79.1 cm³/mol. The zero-order chi connectivity index (χ0) is 14.1. The van der Waals surface area contributed by atoms with Crippen LogP contribution in [-0.4, -0.2) is 10.1 Å². The van der Waals surface area contributed by atoms with Crippen LogP contribution in [0.4, 0.5) is 0 Å². The average molecular weight is 306 g/mol. The van der Waals surface area contributed by atoms with E-state index in [9.17, 15) is 5.11 Å². The molecular formula is C15H9Cl2NO2. The number of oxazole rings is 1. The van der Waals surface area contributed by atoms with Crippen LogP contribution in [-0.2, 0) is 0 Å². The number of hydrogen-bond donors (Lipinski definition) is 1. The van der Waals surface area contributed by atoms with E-state index < -0.39 is 0 Å². The van der Waals surface area contributed by atoms with E-state index in [1.165, 1.54) is 0 Å². The van der Waals surface area contributed by atoms with Gasteiger partial charge in [0.2, 0.25) is 0 Å². The summed E-state index contributed by atoms with van der Waals surface area (Å²) >= 11 is 11.8. The van der Waals surface area contributed by atoms with E-state index in [-0.39, 0.29) is 11.1 Å². The molecule has 3 nitrogen and oxygen atoms in total. The zero-order valence-electron chi connectivity index (χ0n) is 10.2. The number of nitrogens with zero attached hydrogens (tertiary/aromatic N) is 1. The molecule has 0 fully saturated rings. The molecule has 0 aliphatic rings. The van der Waals surface area contributed by atoms with E-state index in [0.717, 1.165) is 11.1 Å². The zero-order valence-corrected chi connectivity index (χ0v) is 11.7. The Labute approximate surface area is 125 Å². The van der Waals surface area contributed by atoms with Crippen LogP contribution in [0.5, 0.6) is 5.75 Å². The molecular weight excluding hydrogens is 297 g/mol. The van der Waals surface area contributed by atoms with E-state index in [4.69, 9.17) is 27.6 Å². The Kier molecular flexibility index (Phi) is 3.38. The molecule has 0 atom stereocenters. The highest BCUT2D eigenvalue weighted by Gasteiger charge is 2.16. The van der Waals surface area contributed by atoms with Crippen molar-refractivity contribution in [1.29, 1.82) is 0 Å². The topological polar surface area (TPSA) is 46.3 Å². The summed E-state index contributed by atoms with van der Waals surface area (Å²) in [6, 6.07) is 13.9. The van der Waals surface area contributed by atoms with Crippen molar-refractivity contribution < 1.29 is 9.52 Å². The van der Waals surface area contributed by atoms with E-state index >= 15 is 0 Å². The number of phenols is 1. The highest BCUT2D eigenvalue weighted by Crippen LogP contribution is 2.35. The van der Waals surface area contributed by atoms with Gasteiger partial charge in [-0.25, -0.2) is 0 Å². The second kappa shape index (κ2) is 5.19. The van der Waals surface area contributed by atoms with Crippen molar-refractivity contribution in [3.8, 4) is 28.3 Å². The molecule has 0 amide bonds. The molecule has 1 aromatic heterocycles. The minimum absolute atomic E-state index is 0.0676. The molecule has 0 saturated heterocycles. The highest BCUT2D eigenvalue weighted by molar-refractivity contribution is 6.30. The second-order valence-corrected chi connectivity index (χ2v) is 4.96. The third-order valence-corrected chi connectivity index (χ3v) is 3.26. The lowest BCUT2D eigenvalue weighted by Crippen LogP contribution is -1.82. The fraction of sp³-hybridized carbons (Fsp3) is 0. The van der Waals surface area contributed by atoms with Crippen LogP contribution < -0.4 is 0 Å². The van der Waals surface area contributed by atoms with Crippen molar-refractivity contribution in [3.05, 3.63) is 58.9 Å². The maximum absolute atomic E-state index is 9.34. The van der Waals surface area contributed by atoms with Gasteiger partial charge in [-0.2, -0.15) is 4.98 Å². The van der Waals surface area contributed by atoms with Crippen LogP contribution in [0, 0.1) is 0 Å². The maximum Gasteiger partial charge on any atom is 0.293 e. The molecule has 0 radical (unpaired) electrons. The number of aromatic nitrogens is 1. The van der Waals surface area contributed by atoms with Gasteiger partial charge in [0, 0.05) is 16.1 Å². The largest absolute Gasteiger partial charge is 0.508 e. The van der Waals surface area contributed by atoms with Crippen molar-refractivity contribution in [3.63, 3.8) is 0 Å². The molecule has 1 heterocycles. The smallest absolute Gasteiger partial charge is 0.293 e. The summed E-state index contributed by atoms with van der Waals surface area (Å²) < 4.78 is 5.46. The van der Waals surface area contributed by atoms with Crippen molar-refractivity contribution in [2.75, 3.05) is 0 Å². The van der Waals surface area contributed by atoms with Gasteiger partial charge >= 0.3 is 0 Å². The Morgan fingerprint density at radius 3 is 2.10 bits per heavy atom. The minimum atomic E-state index is 0.0676. The van der Waals surface area contributed by atoms with Gasteiger partial charge < -0.3 is 9.52 Å². The van der Waals surface area contributed by atoms with Gasteiger partial charge in [0.15, 0.2) is 5.76 Å². The van der Waals surface area contributed by atoms with E-state index in [0.29, 0.717) is 16.5 Å². The predicted octanol–water partition coefficient (Wildman–Crippen LogP) is 5.02. The van der Waals surface area contributed by atoms with Gasteiger partial charge in [0.05, 0.1) is 0 Å². The third-order valence-electron chi connectivity index (χ3n) is 2.85. The molecule has 0 unspecified atom stereocenters. The van der Waals surface area contributed by atoms with E-state index in [2.05, 4.69) is 4.98 Å². The fourth-order valence-electron chi connectivity index (χ4n) is 1.91. The van der Waals surface area contributed by atoms with Crippen molar-refractivity contribution in [2.45, 2.75) is 0 Å². The number of hydrogen-bond acceptors (Lipinski definition) is 3. The maximum atomic E-state index is 9.34. The lowest BCUT2D eigenvalue weighted by molar-refractivity contribution is 0.475. The Balaban J connectivity index is 2.12. The third kappa shape index (κ3) is 2.50. The SMILES string of the molecule is Oc1ccc(-c2oc(Cl)nc2-c2ccc(Cl)cc2)cc1. The van der Waals surface area contributed by atoms with Crippen LogP contribution in [0.2, 0.25) is 10.4 Å². The molecule has 0 bridgehead atoms. The molecule has 1 N–H and O–H groups in total. The number of rotatable bonds is 2. The highest BCUT2D eigenvalue weighted by atomic mass is 35.5. The number of aromatic hydroxyl groups is 1. The fourth-order valence-corrected chi connectivity index (χ4v) is 2.19. The van der Waals surface area contributed by atoms with Crippen LogP contribution in [0.25, 0.3) is 22.6 Å². The normalized spacial score (nSPS) is 10.7. The summed E-state index contributed by atoms with van der Waals surface area (Å²) in [5.74, 6) is 0.740. The summed E-state index contributed by atoms with van der Waals surface area (Å²) in [7, 11) is 0. The summed E-state index contributed by atoms with van der Waals surface area (Å²) in [6.45, 7) is 0. The van der Waals surface area contributed by atoms with Gasteiger partial charge in [-0.05, 0) is 48.0 Å². The van der Waals surface area contributed by atoms with E-state index in [1.807, 2.05) is 12.1 Å². The van der Waals surface area contributed by atoms with Crippen LogP contribution in [0.1, 0.15) is 0 Å². The first-order valence-corrected chi connectivity index (χ1v) is 6.61. The van der Waals surface area contributed by atoms with Crippen molar-refractivity contribution in [1.82, 2.24) is 4.98 Å². The molecule has 5 heteroatoms. The second-order valence-electron chi connectivity index (χ2n) is 4.20. The van der Waals surface area contributed by atoms with Crippen molar-refractivity contribution in [2.24, 2.45) is 0 Å². The van der Waals surface area contributed by atoms with Crippen molar-refractivity contribution >= 4 is 23.2 Å². The Morgan fingerprint density at radius 1 is 0.850 bits per heavy atom. The van der Waals surface area contributed by atoms with Crippen LogP contribution in [0.15, 0.2) is 52.9 Å². The summed E-state index contributed by atoms with van der Waals surface area (Å²) in [6.07, 6.45) is 0. The van der Waals surface area contributed by atoms with Crippen LogP contribution >= 0.6 is 23.2 Å². The lowest BCUT2D eigenvalue weighted by atomic mass is 10.1. The Hall–Kier alpha value is -1.97. The molecule has 0 spiro atoms. The first kappa shape index (κ1) is 13.0. The van der Waals surface area contributed by atoms with Crippen LogP contribution in [0.3, 0.4) is 0 Å². The standard InChI is InChI=1S/C15H9Cl2NO2/c16-11-5-1-9(2-6-11)13-14(20-15(17)18-13)10-3-7-12(19)8-4-10/h1-8,19H. The molecule has 20 heavy (non-hydrogen) atoms. The molecule has 2 aromatic carbocycles. The minimum Gasteiger partial charge on any atom is -0.508 e. The summed E-state index contributed by atoms with van der Waals surface area (Å²) in [4.78, 5) is 4.20. The van der Waals surface area contributed by atoms with Gasteiger partial charge in [-0.1, -0.05) is 23.7 Å². The molecule has 0 aliphatic carbocycles. The quantitative estimate of drug-likeness (QED) is 0.723. The molecule has 0 aliphatic heterocycles. The van der Waals surface area contributed by atoms with Gasteiger partial charge in [-0.15, -0.1) is 0 Å². The average Bonchev–Trinajstić information content (AvgIpc) is 2.82. The number of halogens is 2. The van der Waals surface area contributed by atoms with Gasteiger partial charge in [-0.3, -0.25) is 0 Å². The summed E-state index contributed by atoms with van der Waals surface area (Å²) in [5.41, 5.74) is 2.28. The molecule has 0 saturated carbocycles. The molecule has 3 rings (SSSR count). The van der Waals surface area contributed by atoms with Gasteiger partial charge in [0.25, 0.3) is 5.35 Å². The Morgan fingerprint density at radius 2 is 1.45 bits per heavy atom. The Bertz CT molecular complexity index is 671. The first-order valence-electron chi connectivity index (χ1n) is 5.85. The summed E-state index contributed by atoms with van der Waals surface area (Å²) in [5, 5.41) is 10.1. The number of phenolic OH excluding ortho intramolecular Hbond substituents is 1. The molecule has 3 aromatic rings. The number of benzene rings is 2. The molecule has 100 valence electrons. The lowest BCUT2D eigenvalue weighted by Gasteiger charge is -2.02. The van der Waals surface area contributed by atoms with Gasteiger partial charge in [0.1, 0.15) is 11.4 Å².